The van der Waals surface area contributed by atoms with Crippen molar-refractivity contribution in [2.24, 2.45) is 5.92 Å². The lowest BCUT2D eigenvalue weighted by molar-refractivity contribution is -0.385. The molecule has 0 radical (unpaired) electrons. The number of ether oxygens (including phenoxy) is 1. The molecule has 1 amide bonds. The number of nitro benzene ring substituents is 1. The average Bonchev–Trinajstić information content (AvgIpc) is 2.98. The number of carbonyl (C=O) groups excluding carboxylic acids is 2. The van der Waals surface area contributed by atoms with E-state index in [0.29, 0.717) is 16.5 Å². The van der Waals surface area contributed by atoms with Crippen LogP contribution in [0.25, 0.3) is 0 Å². The summed E-state index contributed by atoms with van der Waals surface area (Å²) in [7, 11) is 0. The van der Waals surface area contributed by atoms with Gasteiger partial charge in [0.05, 0.1) is 17.1 Å². The summed E-state index contributed by atoms with van der Waals surface area (Å²) in [6.07, 6.45) is 2.61. The Morgan fingerprint density at radius 1 is 1.39 bits per heavy atom. The number of nitro groups is 1. The third-order valence-electron chi connectivity index (χ3n) is 4.96. The molecule has 1 aliphatic carbocycles. The van der Waals surface area contributed by atoms with Crippen LogP contribution < -0.4 is 5.32 Å². The van der Waals surface area contributed by atoms with Gasteiger partial charge in [0.15, 0.2) is 0 Å². The smallest absolute Gasteiger partial charge is 0.341 e. The van der Waals surface area contributed by atoms with E-state index in [1.165, 1.54) is 29.5 Å². The van der Waals surface area contributed by atoms with Crippen molar-refractivity contribution in [2.75, 3.05) is 11.9 Å². The monoisotopic (exact) mass is 402 g/mol. The Morgan fingerprint density at radius 3 is 2.82 bits per heavy atom. The number of esters is 1. The number of carbonyl (C=O) groups is 2. The zero-order valence-corrected chi connectivity index (χ0v) is 16.9. The van der Waals surface area contributed by atoms with E-state index in [0.717, 1.165) is 29.7 Å². The molecule has 0 spiro atoms. The van der Waals surface area contributed by atoms with Gasteiger partial charge in [0, 0.05) is 22.1 Å². The van der Waals surface area contributed by atoms with Crippen molar-refractivity contribution in [3.63, 3.8) is 0 Å². The van der Waals surface area contributed by atoms with E-state index in [9.17, 15) is 19.7 Å². The van der Waals surface area contributed by atoms with Gasteiger partial charge < -0.3 is 10.1 Å². The molecule has 0 aliphatic heterocycles. The maximum atomic E-state index is 12.8. The largest absolute Gasteiger partial charge is 0.462 e. The number of hydrogen-bond donors (Lipinski definition) is 1. The van der Waals surface area contributed by atoms with Crippen molar-refractivity contribution in [3.05, 3.63) is 55.4 Å². The summed E-state index contributed by atoms with van der Waals surface area (Å²) >= 11 is 1.39. The number of nitrogens with zero attached hydrogens (tertiary/aromatic N) is 1. The zero-order valence-electron chi connectivity index (χ0n) is 16.0. The second-order valence-corrected chi connectivity index (χ2v) is 8.04. The van der Waals surface area contributed by atoms with Crippen LogP contribution in [0, 0.1) is 23.0 Å². The van der Waals surface area contributed by atoms with E-state index in [1.54, 1.807) is 13.8 Å². The molecule has 0 bridgehead atoms. The first-order chi connectivity index (χ1) is 13.3. The summed E-state index contributed by atoms with van der Waals surface area (Å²) in [6.45, 7) is 5.69. The minimum Gasteiger partial charge on any atom is -0.462 e. The van der Waals surface area contributed by atoms with Gasteiger partial charge in [0.2, 0.25) is 0 Å². The lowest BCUT2D eigenvalue weighted by atomic mass is 9.88. The van der Waals surface area contributed by atoms with E-state index in [4.69, 9.17) is 4.74 Å². The number of amides is 1. The van der Waals surface area contributed by atoms with Crippen LogP contribution in [0.5, 0.6) is 0 Å². The predicted molar refractivity (Wildman–Crippen MR) is 107 cm³/mol. The maximum Gasteiger partial charge on any atom is 0.341 e. The summed E-state index contributed by atoms with van der Waals surface area (Å²) in [6, 6.07) is 4.38. The van der Waals surface area contributed by atoms with Crippen molar-refractivity contribution in [3.8, 4) is 0 Å². The molecular formula is C20H22N2O5S. The predicted octanol–water partition coefficient (Wildman–Crippen LogP) is 4.52. The van der Waals surface area contributed by atoms with Crippen molar-refractivity contribution in [1.29, 1.82) is 0 Å². The SMILES string of the molecule is CCOC(=O)c1c(NC(=O)c2cccc([N+](=O)[O-])c2C)sc2c1CC[C@@H](C)C2. The highest BCUT2D eigenvalue weighted by Crippen LogP contribution is 2.40. The third-order valence-corrected chi connectivity index (χ3v) is 6.13. The molecule has 1 aliphatic rings. The third kappa shape index (κ3) is 3.77. The normalized spacial score (nSPS) is 15.6. The van der Waals surface area contributed by atoms with Crippen molar-refractivity contribution in [1.82, 2.24) is 0 Å². The molecule has 1 heterocycles. The Balaban J connectivity index is 1.98. The molecule has 1 N–H and O–H groups in total. The molecule has 2 aromatic rings. The first-order valence-electron chi connectivity index (χ1n) is 9.20. The number of thiophene rings is 1. The summed E-state index contributed by atoms with van der Waals surface area (Å²) < 4.78 is 5.21. The number of rotatable bonds is 5. The molecular weight excluding hydrogens is 380 g/mol. The van der Waals surface area contributed by atoms with Crippen LogP contribution in [0.15, 0.2) is 18.2 Å². The van der Waals surface area contributed by atoms with Gasteiger partial charge in [-0.15, -0.1) is 11.3 Å². The van der Waals surface area contributed by atoms with Crippen molar-refractivity contribution >= 4 is 33.9 Å². The number of fused-ring (bicyclic) bond motifs is 1. The number of anilines is 1. The fraction of sp³-hybridized carbons (Fsp3) is 0.400. The molecule has 0 unspecified atom stereocenters. The first kappa shape index (κ1) is 20.0. The number of hydrogen-bond acceptors (Lipinski definition) is 6. The van der Waals surface area contributed by atoms with E-state index >= 15 is 0 Å². The Kier molecular flexibility index (Phi) is 5.79. The minimum absolute atomic E-state index is 0.113. The van der Waals surface area contributed by atoms with E-state index < -0.39 is 16.8 Å². The number of benzene rings is 1. The number of nitrogens with one attached hydrogen (secondary N) is 1. The molecule has 1 aromatic carbocycles. The highest BCUT2D eigenvalue weighted by Gasteiger charge is 2.29. The molecule has 7 nitrogen and oxygen atoms in total. The summed E-state index contributed by atoms with van der Waals surface area (Å²) in [4.78, 5) is 37.1. The summed E-state index contributed by atoms with van der Waals surface area (Å²) in [5.74, 6) is -0.400. The van der Waals surface area contributed by atoms with Crippen LogP contribution >= 0.6 is 11.3 Å². The summed E-state index contributed by atoms with van der Waals surface area (Å²) in [5, 5.41) is 14.4. The van der Waals surface area contributed by atoms with Crippen LogP contribution in [-0.4, -0.2) is 23.4 Å². The Morgan fingerprint density at radius 2 is 2.14 bits per heavy atom. The summed E-state index contributed by atoms with van der Waals surface area (Å²) in [5.41, 5.74) is 1.76. The van der Waals surface area contributed by atoms with Crippen LogP contribution in [0.1, 0.15) is 57.0 Å². The van der Waals surface area contributed by atoms with Gasteiger partial charge in [-0.05, 0) is 50.7 Å². The van der Waals surface area contributed by atoms with E-state index in [2.05, 4.69) is 12.2 Å². The highest BCUT2D eigenvalue weighted by molar-refractivity contribution is 7.17. The standard InChI is InChI=1S/C20H22N2O5S/c1-4-27-20(24)17-14-9-8-11(2)10-16(14)28-19(17)21-18(23)13-6-5-7-15(12(13)3)22(25)26/h5-7,11H,4,8-10H2,1-3H3,(H,21,23)/t11-/m1/s1. The maximum absolute atomic E-state index is 12.8. The van der Waals surface area contributed by atoms with Gasteiger partial charge in [0.25, 0.3) is 11.6 Å². The van der Waals surface area contributed by atoms with Crippen LogP contribution in [0.3, 0.4) is 0 Å². The Labute approximate surface area is 166 Å². The molecule has 28 heavy (non-hydrogen) atoms. The van der Waals surface area contributed by atoms with E-state index in [-0.39, 0.29) is 23.4 Å². The fourth-order valence-corrected chi connectivity index (χ4v) is 4.89. The van der Waals surface area contributed by atoms with Crippen molar-refractivity contribution < 1.29 is 19.2 Å². The first-order valence-corrected chi connectivity index (χ1v) is 10.0. The van der Waals surface area contributed by atoms with Crippen LogP contribution in [-0.2, 0) is 17.6 Å². The second kappa shape index (κ2) is 8.10. The Bertz CT molecular complexity index is 950. The molecule has 0 fully saturated rings. The molecule has 0 saturated heterocycles. The molecule has 3 rings (SSSR count). The highest BCUT2D eigenvalue weighted by atomic mass is 32.1. The lowest BCUT2D eigenvalue weighted by Gasteiger charge is -2.18. The lowest BCUT2D eigenvalue weighted by Crippen LogP contribution is -2.17. The van der Waals surface area contributed by atoms with Crippen LogP contribution in [0.4, 0.5) is 10.7 Å². The van der Waals surface area contributed by atoms with Gasteiger partial charge in [0.1, 0.15) is 5.00 Å². The van der Waals surface area contributed by atoms with Gasteiger partial charge in [-0.25, -0.2) is 4.79 Å². The van der Waals surface area contributed by atoms with Gasteiger partial charge in [-0.3, -0.25) is 14.9 Å². The quantitative estimate of drug-likeness (QED) is 0.450. The van der Waals surface area contributed by atoms with Crippen molar-refractivity contribution in [2.45, 2.75) is 40.0 Å². The van der Waals surface area contributed by atoms with Crippen LogP contribution in [0.2, 0.25) is 0 Å². The molecule has 148 valence electrons. The van der Waals surface area contributed by atoms with E-state index in [1.807, 2.05) is 0 Å². The average molecular weight is 402 g/mol. The Hall–Kier alpha value is -2.74. The second-order valence-electron chi connectivity index (χ2n) is 6.94. The van der Waals surface area contributed by atoms with Gasteiger partial charge in [-0.2, -0.15) is 0 Å². The molecule has 8 heteroatoms. The van der Waals surface area contributed by atoms with Gasteiger partial charge >= 0.3 is 5.97 Å². The topological polar surface area (TPSA) is 98.5 Å². The van der Waals surface area contributed by atoms with Gasteiger partial charge in [-0.1, -0.05) is 13.0 Å². The molecule has 1 atom stereocenters. The zero-order chi connectivity index (χ0) is 20.4. The minimum atomic E-state index is -0.513. The molecule has 1 aromatic heterocycles. The molecule has 0 saturated carbocycles. The fourth-order valence-electron chi connectivity index (χ4n) is 3.50.